The number of anilines is 1. The minimum absolute atomic E-state index is 0.122. The number of nitrogens with zero attached hydrogens (tertiary/aromatic N) is 1. The first-order chi connectivity index (χ1) is 12.0. The van der Waals surface area contributed by atoms with Gasteiger partial charge in [-0.1, -0.05) is 36.4 Å². The van der Waals surface area contributed by atoms with Gasteiger partial charge in [-0.25, -0.2) is 4.79 Å². The highest BCUT2D eigenvalue weighted by atomic mass is 16.4. The quantitative estimate of drug-likeness (QED) is 0.756. The van der Waals surface area contributed by atoms with E-state index in [-0.39, 0.29) is 11.5 Å². The average Bonchev–Trinajstić information content (AvgIpc) is 2.64. The molecule has 25 heavy (non-hydrogen) atoms. The summed E-state index contributed by atoms with van der Waals surface area (Å²) >= 11 is 0. The fourth-order valence-corrected chi connectivity index (χ4v) is 2.44. The molecule has 0 aliphatic rings. The number of pyridine rings is 1. The van der Waals surface area contributed by atoms with Gasteiger partial charge in [-0.15, -0.1) is 0 Å². The molecule has 5 heteroatoms. The van der Waals surface area contributed by atoms with Crippen molar-refractivity contribution < 1.29 is 14.7 Å². The van der Waals surface area contributed by atoms with Crippen molar-refractivity contribution in [2.75, 3.05) is 5.32 Å². The van der Waals surface area contributed by atoms with Gasteiger partial charge in [0.1, 0.15) is 0 Å². The van der Waals surface area contributed by atoms with Gasteiger partial charge in [-0.2, -0.15) is 0 Å². The van der Waals surface area contributed by atoms with Gasteiger partial charge < -0.3 is 10.4 Å². The molecule has 0 saturated heterocycles. The van der Waals surface area contributed by atoms with E-state index >= 15 is 0 Å². The van der Waals surface area contributed by atoms with Gasteiger partial charge in [0, 0.05) is 23.6 Å². The molecule has 0 radical (unpaired) electrons. The lowest BCUT2D eigenvalue weighted by Crippen LogP contribution is -2.14. The largest absolute Gasteiger partial charge is 0.478 e. The van der Waals surface area contributed by atoms with Crippen LogP contribution in [0, 0.1) is 6.92 Å². The van der Waals surface area contributed by atoms with Crippen LogP contribution in [0.2, 0.25) is 0 Å². The number of carboxylic acid groups (broad SMARTS) is 1. The Labute approximate surface area is 145 Å². The number of carboxylic acids is 1. The molecule has 0 aliphatic heterocycles. The maximum absolute atomic E-state index is 12.5. The highest BCUT2D eigenvalue weighted by Crippen LogP contribution is 2.21. The molecular formula is C20H16N2O3. The predicted octanol–water partition coefficient (Wildman–Crippen LogP) is 4.01. The highest BCUT2D eigenvalue weighted by Gasteiger charge is 2.12. The number of aromatic carboxylic acids is 1. The molecule has 0 unspecified atom stereocenters. The van der Waals surface area contributed by atoms with Crippen molar-refractivity contribution in [1.29, 1.82) is 0 Å². The number of carbonyl (C=O) groups excluding carboxylic acids is 1. The second-order valence-corrected chi connectivity index (χ2v) is 5.62. The Morgan fingerprint density at radius 1 is 0.920 bits per heavy atom. The van der Waals surface area contributed by atoms with Crippen molar-refractivity contribution in [3.05, 3.63) is 83.7 Å². The molecule has 0 atom stereocenters. The Kier molecular flexibility index (Phi) is 4.57. The van der Waals surface area contributed by atoms with E-state index in [1.165, 1.54) is 18.3 Å². The SMILES string of the molecule is Cc1ccc(C(=O)O)cc1NC(=O)c1cncc(-c2ccccc2)c1. The molecule has 2 aromatic carbocycles. The molecule has 0 fully saturated rings. The normalized spacial score (nSPS) is 10.3. The third kappa shape index (κ3) is 3.72. The van der Waals surface area contributed by atoms with Crippen LogP contribution in [0.1, 0.15) is 26.3 Å². The molecule has 2 N–H and O–H groups in total. The minimum atomic E-state index is -1.04. The van der Waals surface area contributed by atoms with E-state index in [0.29, 0.717) is 11.3 Å². The standard InChI is InChI=1S/C20H16N2O3/c1-13-7-8-15(20(24)25)10-18(13)22-19(23)17-9-16(11-21-12-17)14-5-3-2-4-6-14/h2-12H,1H3,(H,22,23)(H,24,25). The summed E-state index contributed by atoms with van der Waals surface area (Å²) in [6.07, 6.45) is 3.18. The number of benzene rings is 2. The molecule has 0 spiro atoms. The molecular weight excluding hydrogens is 316 g/mol. The van der Waals surface area contributed by atoms with Crippen LogP contribution >= 0.6 is 0 Å². The fraction of sp³-hybridized carbons (Fsp3) is 0.0500. The zero-order valence-corrected chi connectivity index (χ0v) is 13.6. The zero-order valence-electron chi connectivity index (χ0n) is 13.6. The molecule has 5 nitrogen and oxygen atoms in total. The van der Waals surface area contributed by atoms with Crippen molar-refractivity contribution in [2.24, 2.45) is 0 Å². The Bertz CT molecular complexity index is 937. The van der Waals surface area contributed by atoms with Gasteiger partial charge in [-0.05, 0) is 36.2 Å². The van der Waals surface area contributed by atoms with Crippen LogP contribution in [-0.4, -0.2) is 22.0 Å². The van der Waals surface area contributed by atoms with E-state index in [1.807, 2.05) is 30.3 Å². The van der Waals surface area contributed by atoms with E-state index in [4.69, 9.17) is 5.11 Å². The summed E-state index contributed by atoms with van der Waals surface area (Å²) in [5, 5.41) is 11.8. The van der Waals surface area contributed by atoms with E-state index in [1.54, 1.807) is 25.3 Å². The third-order valence-corrected chi connectivity index (χ3v) is 3.84. The van der Waals surface area contributed by atoms with Gasteiger partial charge >= 0.3 is 5.97 Å². The number of hydrogen-bond acceptors (Lipinski definition) is 3. The molecule has 3 rings (SSSR count). The molecule has 1 aromatic heterocycles. The molecule has 1 amide bonds. The van der Waals surface area contributed by atoms with Crippen LogP contribution in [0.15, 0.2) is 67.0 Å². The van der Waals surface area contributed by atoms with E-state index in [2.05, 4.69) is 10.3 Å². The molecule has 0 bridgehead atoms. The smallest absolute Gasteiger partial charge is 0.335 e. The second-order valence-electron chi connectivity index (χ2n) is 5.62. The van der Waals surface area contributed by atoms with E-state index in [9.17, 15) is 9.59 Å². The lowest BCUT2D eigenvalue weighted by atomic mass is 10.1. The van der Waals surface area contributed by atoms with Crippen LogP contribution < -0.4 is 5.32 Å². The third-order valence-electron chi connectivity index (χ3n) is 3.84. The van der Waals surface area contributed by atoms with Gasteiger partial charge in [0.05, 0.1) is 11.1 Å². The second kappa shape index (κ2) is 6.97. The monoisotopic (exact) mass is 332 g/mol. The maximum atomic E-state index is 12.5. The van der Waals surface area contributed by atoms with Crippen molar-refractivity contribution in [2.45, 2.75) is 6.92 Å². The summed E-state index contributed by atoms with van der Waals surface area (Å²) < 4.78 is 0. The van der Waals surface area contributed by atoms with Crippen molar-refractivity contribution >= 4 is 17.6 Å². The number of aromatic nitrogens is 1. The number of amides is 1. The summed E-state index contributed by atoms with van der Waals surface area (Å²) in [6.45, 7) is 1.81. The van der Waals surface area contributed by atoms with Crippen LogP contribution in [0.25, 0.3) is 11.1 Å². The number of nitrogens with one attached hydrogen (secondary N) is 1. The van der Waals surface area contributed by atoms with Crippen molar-refractivity contribution in [3.63, 3.8) is 0 Å². The van der Waals surface area contributed by atoms with Crippen molar-refractivity contribution in [1.82, 2.24) is 4.98 Å². The molecule has 0 saturated carbocycles. The van der Waals surface area contributed by atoms with Crippen LogP contribution in [0.3, 0.4) is 0 Å². The molecule has 124 valence electrons. The van der Waals surface area contributed by atoms with Gasteiger partial charge in [-0.3, -0.25) is 9.78 Å². The van der Waals surface area contributed by atoms with Crippen LogP contribution in [0.4, 0.5) is 5.69 Å². The Balaban J connectivity index is 1.87. The van der Waals surface area contributed by atoms with Crippen LogP contribution in [0.5, 0.6) is 0 Å². The van der Waals surface area contributed by atoms with E-state index < -0.39 is 5.97 Å². The Morgan fingerprint density at radius 3 is 2.40 bits per heavy atom. The summed E-state index contributed by atoms with van der Waals surface area (Å²) in [6, 6.07) is 16.0. The summed E-state index contributed by atoms with van der Waals surface area (Å²) in [5.41, 5.74) is 3.58. The van der Waals surface area contributed by atoms with Gasteiger partial charge in [0.25, 0.3) is 5.91 Å². The number of carbonyl (C=O) groups is 2. The highest BCUT2D eigenvalue weighted by molar-refractivity contribution is 6.05. The number of aryl methyl sites for hydroxylation is 1. The molecule has 3 aromatic rings. The van der Waals surface area contributed by atoms with Crippen molar-refractivity contribution in [3.8, 4) is 11.1 Å². The fourth-order valence-electron chi connectivity index (χ4n) is 2.44. The molecule has 1 heterocycles. The predicted molar refractivity (Wildman–Crippen MR) is 95.8 cm³/mol. The Hall–Kier alpha value is -3.47. The van der Waals surface area contributed by atoms with Crippen LogP contribution in [-0.2, 0) is 0 Å². The average molecular weight is 332 g/mol. The zero-order chi connectivity index (χ0) is 17.8. The topological polar surface area (TPSA) is 79.3 Å². The van der Waals surface area contributed by atoms with Gasteiger partial charge in [0.15, 0.2) is 0 Å². The number of rotatable bonds is 4. The first-order valence-electron chi connectivity index (χ1n) is 7.70. The van der Waals surface area contributed by atoms with E-state index in [0.717, 1.165) is 16.7 Å². The lowest BCUT2D eigenvalue weighted by Gasteiger charge is -2.10. The van der Waals surface area contributed by atoms with Gasteiger partial charge in [0.2, 0.25) is 0 Å². The first-order valence-corrected chi connectivity index (χ1v) is 7.70. The Morgan fingerprint density at radius 2 is 1.68 bits per heavy atom. The summed E-state index contributed by atoms with van der Waals surface area (Å²) in [7, 11) is 0. The summed E-state index contributed by atoms with van der Waals surface area (Å²) in [5.74, 6) is -1.38. The first kappa shape index (κ1) is 16.4. The maximum Gasteiger partial charge on any atom is 0.335 e. The number of hydrogen-bond donors (Lipinski definition) is 2. The lowest BCUT2D eigenvalue weighted by molar-refractivity contribution is 0.0696. The summed E-state index contributed by atoms with van der Waals surface area (Å²) in [4.78, 5) is 27.8. The molecule has 0 aliphatic carbocycles. The minimum Gasteiger partial charge on any atom is -0.478 e.